The topological polar surface area (TPSA) is 80.7 Å². The van der Waals surface area contributed by atoms with Crippen LogP contribution in [0.25, 0.3) is 0 Å². The lowest BCUT2D eigenvalue weighted by Gasteiger charge is -2.36. The lowest BCUT2D eigenvalue weighted by atomic mass is 9.92. The monoisotopic (exact) mass is 562 g/mol. The van der Waals surface area contributed by atoms with Crippen molar-refractivity contribution in [3.05, 3.63) is 71.0 Å². The Labute approximate surface area is 230 Å². The molecule has 0 unspecified atom stereocenters. The van der Waals surface area contributed by atoms with Crippen LogP contribution in [-0.4, -0.2) is 73.3 Å². The summed E-state index contributed by atoms with van der Waals surface area (Å²) in [5.41, 5.74) is 1.03. The number of hydrogen-bond donors (Lipinski definition) is 1. The Morgan fingerprint density at radius 1 is 1.00 bits per heavy atom. The van der Waals surface area contributed by atoms with Crippen LogP contribution in [0, 0.1) is 0 Å². The second-order valence-corrected chi connectivity index (χ2v) is 10.1. The highest BCUT2D eigenvalue weighted by atomic mass is 19.4. The Kier molecular flexibility index (Phi) is 8.82. The van der Waals surface area contributed by atoms with Crippen molar-refractivity contribution in [3.8, 4) is 11.5 Å². The van der Waals surface area contributed by atoms with Gasteiger partial charge in [0.05, 0.1) is 12.2 Å². The molecule has 0 spiro atoms. The van der Waals surface area contributed by atoms with E-state index < -0.39 is 18.0 Å². The molecule has 3 aliphatic heterocycles. The number of amides is 1. The van der Waals surface area contributed by atoms with E-state index in [0.29, 0.717) is 57.6 Å². The number of nitrogens with zero attached hydrogens (tertiary/aromatic N) is 2. The summed E-state index contributed by atoms with van der Waals surface area (Å²) in [6.45, 7) is 3.71. The van der Waals surface area contributed by atoms with E-state index in [2.05, 4.69) is 4.90 Å². The Morgan fingerprint density at radius 3 is 2.48 bits per heavy atom. The summed E-state index contributed by atoms with van der Waals surface area (Å²) >= 11 is 0. The van der Waals surface area contributed by atoms with Crippen LogP contribution in [0.4, 0.5) is 13.2 Å². The molecule has 1 saturated heterocycles. The number of benzene rings is 2. The SMILES string of the molecule is O=C(C1=C[C@@H](c2ccc(C(F)(F)F)cc2)C[C@@H](OCCCCO)O1)N1CCN(Cc2ccc3c(c2)OCO3)CC1. The van der Waals surface area contributed by atoms with Gasteiger partial charge in [-0.2, -0.15) is 13.2 Å². The zero-order valence-electron chi connectivity index (χ0n) is 22.1. The third-order valence-corrected chi connectivity index (χ3v) is 7.29. The highest BCUT2D eigenvalue weighted by Gasteiger charge is 2.34. The number of alkyl halides is 3. The minimum atomic E-state index is -4.42. The van der Waals surface area contributed by atoms with Crippen molar-refractivity contribution in [2.75, 3.05) is 46.2 Å². The van der Waals surface area contributed by atoms with Crippen molar-refractivity contribution in [2.24, 2.45) is 0 Å². The Balaban J connectivity index is 1.23. The molecule has 1 amide bonds. The number of allylic oxidation sites excluding steroid dienone is 1. The van der Waals surface area contributed by atoms with Gasteiger partial charge in [0, 0.05) is 51.7 Å². The van der Waals surface area contributed by atoms with Gasteiger partial charge in [0.2, 0.25) is 13.1 Å². The summed E-state index contributed by atoms with van der Waals surface area (Å²) in [6, 6.07) is 10.9. The number of carbonyl (C=O) groups excluding carboxylic acids is 1. The van der Waals surface area contributed by atoms with Gasteiger partial charge in [0.25, 0.3) is 5.91 Å². The molecule has 0 aromatic heterocycles. The molecule has 0 saturated carbocycles. The maximum Gasteiger partial charge on any atom is 0.416 e. The molecule has 2 atom stereocenters. The Bertz CT molecular complexity index is 1200. The predicted molar refractivity (Wildman–Crippen MR) is 138 cm³/mol. The fourth-order valence-corrected chi connectivity index (χ4v) is 5.05. The number of rotatable bonds is 9. The van der Waals surface area contributed by atoms with Gasteiger partial charge < -0.3 is 29.0 Å². The molecule has 2 aromatic rings. The number of piperazine rings is 1. The third-order valence-electron chi connectivity index (χ3n) is 7.29. The first-order valence-electron chi connectivity index (χ1n) is 13.5. The fraction of sp³-hybridized carbons (Fsp3) is 0.483. The van der Waals surface area contributed by atoms with Crippen molar-refractivity contribution in [1.82, 2.24) is 9.80 Å². The van der Waals surface area contributed by atoms with E-state index in [9.17, 15) is 18.0 Å². The normalized spacial score (nSPS) is 21.2. The lowest BCUT2D eigenvalue weighted by molar-refractivity contribution is -0.154. The minimum absolute atomic E-state index is 0.0490. The van der Waals surface area contributed by atoms with E-state index in [-0.39, 0.29) is 31.0 Å². The molecule has 216 valence electrons. The minimum Gasteiger partial charge on any atom is -0.459 e. The van der Waals surface area contributed by atoms with E-state index in [1.54, 1.807) is 11.0 Å². The molecule has 3 aliphatic rings. The molecule has 1 fully saturated rings. The van der Waals surface area contributed by atoms with Crippen molar-refractivity contribution in [1.29, 1.82) is 0 Å². The molecule has 0 aliphatic carbocycles. The average molecular weight is 563 g/mol. The van der Waals surface area contributed by atoms with E-state index in [4.69, 9.17) is 24.1 Å². The molecular weight excluding hydrogens is 529 g/mol. The first kappa shape index (κ1) is 28.3. The van der Waals surface area contributed by atoms with Gasteiger partial charge in [-0.25, -0.2) is 0 Å². The van der Waals surface area contributed by atoms with Crippen LogP contribution in [0.2, 0.25) is 0 Å². The van der Waals surface area contributed by atoms with Crippen molar-refractivity contribution >= 4 is 5.91 Å². The molecule has 8 nitrogen and oxygen atoms in total. The van der Waals surface area contributed by atoms with Gasteiger partial charge in [-0.05, 0) is 54.3 Å². The van der Waals surface area contributed by atoms with Gasteiger partial charge >= 0.3 is 6.18 Å². The number of hydrogen-bond acceptors (Lipinski definition) is 7. The maximum atomic E-state index is 13.5. The third kappa shape index (κ3) is 6.89. The van der Waals surface area contributed by atoms with Crippen molar-refractivity contribution < 1.29 is 42.0 Å². The van der Waals surface area contributed by atoms with E-state index in [0.717, 1.165) is 35.7 Å². The molecule has 0 bridgehead atoms. The Hall–Kier alpha value is -3.28. The first-order valence-corrected chi connectivity index (χ1v) is 13.5. The summed E-state index contributed by atoms with van der Waals surface area (Å²) in [5.74, 6) is 1.02. The van der Waals surface area contributed by atoms with E-state index in [1.807, 2.05) is 18.2 Å². The first-order chi connectivity index (χ1) is 19.3. The fourth-order valence-electron chi connectivity index (χ4n) is 5.05. The second-order valence-electron chi connectivity index (χ2n) is 10.1. The zero-order chi connectivity index (χ0) is 28.1. The van der Waals surface area contributed by atoms with E-state index in [1.165, 1.54) is 12.1 Å². The van der Waals surface area contributed by atoms with Crippen LogP contribution in [0.15, 0.2) is 54.3 Å². The molecule has 0 radical (unpaired) electrons. The Morgan fingerprint density at radius 2 is 1.75 bits per heavy atom. The molecule has 3 heterocycles. The number of aliphatic hydroxyl groups is 1. The van der Waals surface area contributed by atoms with E-state index >= 15 is 0 Å². The van der Waals surface area contributed by atoms with Gasteiger partial charge in [-0.1, -0.05) is 18.2 Å². The average Bonchev–Trinajstić information content (AvgIpc) is 3.43. The zero-order valence-corrected chi connectivity index (χ0v) is 22.1. The van der Waals surface area contributed by atoms with Crippen LogP contribution in [0.5, 0.6) is 11.5 Å². The summed E-state index contributed by atoms with van der Waals surface area (Å²) in [6.07, 6.45) is -1.88. The smallest absolute Gasteiger partial charge is 0.416 e. The quantitative estimate of drug-likeness (QED) is 0.457. The van der Waals surface area contributed by atoms with Gasteiger partial charge in [0.15, 0.2) is 17.3 Å². The van der Waals surface area contributed by atoms with Gasteiger partial charge in [-0.3, -0.25) is 9.69 Å². The van der Waals surface area contributed by atoms with Crippen LogP contribution in [-0.2, 0) is 27.0 Å². The molecule has 5 rings (SSSR count). The summed E-state index contributed by atoms with van der Waals surface area (Å²) in [7, 11) is 0. The summed E-state index contributed by atoms with van der Waals surface area (Å²) in [4.78, 5) is 17.5. The lowest BCUT2D eigenvalue weighted by Crippen LogP contribution is -2.49. The predicted octanol–water partition coefficient (Wildman–Crippen LogP) is 4.28. The van der Waals surface area contributed by atoms with Crippen LogP contribution < -0.4 is 9.47 Å². The van der Waals surface area contributed by atoms with Crippen LogP contribution >= 0.6 is 0 Å². The summed E-state index contributed by atoms with van der Waals surface area (Å²) < 4.78 is 61.8. The van der Waals surface area contributed by atoms with Crippen LogP contribution in [0.3, 0.4) is 0 Å². The number of unbranched alkanes of at least 4 members (excludes halogenated alkanes) is 1. The number of carbonyl (C=O) groups is 1. The number of aliphatic hydroxyl groups excluding tert-OH is 1. The highest BCUT2D eigenvalue weighted by Crippen LogP contribution is 2.35. The number of halogens is 3. The van der Waals surface area contributed by atoms with Crippen molar-refractivity contribution in [3.63, 3.8) is 0 Å². The van der Waals surface area contributed by atoms with Crippen molar-refractivity contribution in [2.45, 2.75) is 44.2 Å². The highest BCUT2D eigenvalue weighted by molar-refractivity contribution is 5.92. The van der Waals surface area contributed by atoms with Gasteiger partial charge in [-0.15, -0.1) is 0 Å². The maximum absolute atomic E-state index is 13.5. The molecule has 2 aromatic carbocycles. The molecule has 1 N–H and O–H groups in total. The summed E-state index contributed by atoms with van der Waals surface area (Å²) in [5, 5.41) is 9.03. The molecular formula is C29H33F3N2O6. The molecule has 40 heavy (non-hydrogen) atoms. The number of ether oxygens (including phenoxy) is 4. The number of fused-ring (bicyclic) bond motifs is 1. The van der Waals surface area contributed by atoms with Gasteiger partial charge in [0.1, 0.15) is 0 Å². The standard InChI is InChI=1S/C29H33F3N2O6/c30-29(31,32)23-6-4-21(5-7-23)22-16-26(40-27(17-22)37-14-2-1-13-35)28(36)34-11-9-33(10-12-34)18-20-3-8-24-25(15-20)39-19-38-24/h3-8,15-16,22,27,35H,1-2,9-14,17-19H2/t22-,27+/m1/s1. The second kappa shape index (κ2) is 12.5. The largest absolute Gasteiger partial charge is 0.459 e. The van der Waals surface area contributed by atoms with Crippen LogP contribution in [0.1, 0.15) is 41.9 Å². The molecule has 11 heteroatoms.